The van der Waals surface area contributed by atoms with Gasteiger partial charge in [0.05, 0.1) is 43.1 Å². The molecule has 22 heavy (non-hydrogen) atoms. The highest BCUT2D eigenvalue weighted by Gasteiger charge is 2.28. The molecule has 1 heterocycles. The molecule has 9 heteroatoms. The van der Waals surface area contributed by atoms with Crippen LogP contribution in [0.3, 0.4) is 0 Å². The average Bonchev–Trinajstić information content (AvgIpc) is 2.49. The van der Waals surface area contributed by atoms with Crippen molar-refractivity contribution in [2.45, 2.75) is 0 Å². The highest BCUT2D eigenvalue weighted by atomic mass is 35.5. The van der Waals surface area contributed by atoms with Crippen molar-refractivity contribution < 1.29 is 14.7 Å². The van der Waals surface area contributed by atoms with Crippen LogP contribution in [0.4, 0.5) is 5.69 Å². The van der Waals surface area contributed by atoms with Crippen LogP contribution in [-0.4, -0.2) is 22.0 Å². The van der Waals surface area contributed by atoms with Gasteiger partial charge >= 0.3 is 5.97 Å². The van der Waals surface area contributed by atoms with Crippen molar-refractivity contribution in [3.05, 3.63) is 55.7 Å². The topological polar surface area (TPSA) is 79.3 Å². The first-order chi connectivity index (χ1) is 10.3. The number of pyridine rings is 1. The summed E-state index contributed by atoms with van der Waals surface area (Å²) < 4.78 is 0. The number of hydrogen-bond acceptors (Lipinski definition) is 3. The minimum atomic E-state index is -1.46. The van der Waals surface area contributed by atoms with Gasteiger partial charge in [0.25, 0.3) is 5.91 Å². The fraction of sp³-hybridized carbons (Fsp3) is 0. The molecule has 0 fully saturated rings. The number of amides is 1. The monoisotopic (exact) mass is 378 g/mol. The Labute approximate surface area is 144 Å². The van der Waals surface area contributed by atoms with Gasteiger partial charge in [0, 0.05) is 6.20 Å². The molecule has 1 amide bonds. The zero-order valence-electron chi connectivity index (χ0n) is 10.5. The summed E-state index contributed by atoms with van der Waals surface area (Å²) in [7, 11) is 0. The third-order valence-electron chi connectivity index (χ3n) is 2.63. The molecular weight excluding hydrogens is 374 g/mol. The molecule has 0 atom stereocenters. The van der Waals surface area contributed by atoms with E-state index in [0.717, 1.165) is 0 Å². The van der Waals surface area contributed by atoms with Gasteiger partial charge in [0.1, 0.15) is 0 Å². The second-order valence-electron chi connectivity index (χ2n) is 4.01. The van der Waals surface area contributed by atoms with Crippen LogP contribution in [0, 0.1) is 0 Å². The van der Waals surface area contributed by atoms with Crippen LogP contribution < -0.4 is 5.32 Å². The minimum absolute atomic E-state index is 0.199. The number of carboxylic acid groups (broad SMARTS) is 1. The van der Waals surface area contributed by atoms with E-state index >= 15 is 0 Å². The molecule has 0 saturated heterocycles. The zero-order chi connectivity index (χ0) is 16.4. The largest absolute Gasteiger partial charge is 0.478 e. The van der Waals surface area contributed by atoms with Gasteiger partial charge in [-0.15, -0.1) is 0 Å². The van der Waals surface area contributed by atoms with Gasteiger partial charge in [-0.2, -0.15) is 0 Å². The van der Waals surface area contributed by atoms with E-state index in [9.17, 15) is 14.7 Å². The maximum Gasteiger partial charge on any atom is 0.338 e. The lowest BCUT2D eigenvalue weighted by Crippen LogP contribution is -2.18. The van der Waals surface area contributed by atoms with Crippen molar-refractivity contribution in [1.82, 2.24) is 4.98 Å². The molecule has 114 valence electrons. The van der Waals surface area contributed by atoms with Crippen LogP contribution in [0.15, 0.2) is 24.5 Å². The number of halogens is 4. The summed E-state index contributed by atoms with van der Waals surface area (Å²) in [5.74, 6) is -2.25. The Bertz CT molecular complexity index is 766. The van der Waals surface area contributed by atoms with Crippen LogP contribution in [-0.2, 0) is 0 Å². The SMILES string of the molecule is O=C(O)c1c(Cl)c(Cl)c(Cl)c(Cl)c1C(=O)Nc1cccnc1. The van der Waals surface area contributed by atoms with E-state index in [2.05, 4.69) is 10.3 Å². The number of carbonyl (C=O) groups is 2. The number of aromatic carboxylic acids is 1. The number of nitrogens with zero attached hydrogens (tertiary/aromatic N) is 1. The third-order valence-corrected chi connectivity index (χ3v) is 4.43. The summed E-state index contributed by atoms with van der Waals surface area (Å²) in [5.41, 5.74) is -0.554. The van der Waals surface area contributed by atoms with E-state index in [0.29, 0.717) is 5.69 Å². The Kier molecular flexibility index (Phi) is 5.13. The molecule has 1 aromatic heterocycles. The molecule has 0 aliphatic heterocycles. The first-order valence-electron chi connectivity index (χ1n) is 5.65. The van der Waals surface area contributed by atoms with E-state index in [1.807, 2.05) is 0 Å². The van der Waals surface area contributed by atoms with Crippen LogP contribution in [0.25, 0.3) is 0 Å². The van der Waals surface area contributed by atoms with Gasteiger partial charge in [0.2, 0.25) is 0 Å². The van der Waals surface area contributed by atoms with Crippen molar-refractivity contribution in [2.24, 2.45) is 0 Å². The van der Waals surface area contributed by atoms with Crippen molar-refractivity contribution in [3.63, 3.8) is 0 Å². The fourth-order valence-corrected chi connectivity index (χ4v) is 2.70. The molecule has 0 radical (unpaired) electrons. The van der Waals surface area contributed by atoms with Gasteiger partial charge < -0.3 is 10.4 Å². The number of rotatable bonds is 3. The summed E-state index contributed by atoms with van der Waals surface area (Å²) in [5, 5.41) is 10.6. The smallest absolute Gasteiger partial charge is 0.338 e. The first-order valence-corrected chi connectivity index (χ1v) is 7.16. The molecular formula is C13H6Cl4N2O3. The molecule has 2 N–H and O–H groups in total. The summed E-state index contributed by atoms with van der Waals surface area (Å²) in [4.78, 5) is 27.5. The van der Waals surface area contributed by atoms with Crippen molar-refractivity contribution in [1.29, 1.82) is 0 Å². The highest BCUT2D eigenvalue weighted by Crippen LogP contribution is 2.41. The summed E-state index contributed by atoms with van der Waals surface area (Å²) in [6, 6.07) is 3.16. The molecule has 2 aromatic rings. The van der Waals surface area contributed by atoms with Gasteiger partial charge in [0.15, 0.2) is 0 Å². The highest BCUT2D eigenvalue weighted by molar-refractivity contribution is 6.54. The maximum absolute atomic E-state index is 12.3. The van der Waals surface area contributed by atoms with E-state index < -0.39 is 17.4 Å². The van der Waals surface area contributed by atoms with Gasteiger partial charge in [-0.3, -0.25) is 9.78 Å². The Balaban J connectivity index is 2.59. The van der Waals surface area contributed by atoms with E-state index in [-0.39, 0.29) is 25.7 Å². The molecule has 0 bridgehead atoms. The molecule has 5 nitrogen and oxygen atoms in total. The number of hydrogen-bond donors (Lipinski definition) is 2. The standard InChI is InChI=1S/C13H6Cl4N2O3/c14-8-6(12(20)19-5-2-1-3-18-4-5)7(13(21)22)9(15)11(17)10(8)16/h1-4H,(H,19,20)(H,21,22). The van der Waals surface area contributed by atoms with Crippen LogP contribution in [0.1, 0.15) is 20.7 Å². The number of carboxylic acids is 1. The minimum Gasteiger partial charge on any atom is -0.478 e. The van der Waals surface area contributed by atoms with Crippen molar-refractivity contribution in [3.8, 4) is 0 Å². The summed E-state index contributed by atoms with van der Waals surface area (Å²) >= 11 is 23.5. The third kappa shape index (κ3) is 3.13. The second kappa shape index (κ2) is 6.71. The van der Waals surface area contributed by atoms with Crippen molar-refractivity contribution >= 4 is 64.0 Å². The fourth-order valence-electron chi connectivity index (χ4n) is 1.68. The van der Waals surface area contributed by atoms with Crippen LogP contribution in [0.2, 0.25) is 20.1 Å². The molecule has 1 aromatic carbocycles. The quantitative estimate of drug-likeness (QED) is 0.601. The Hall–Kier alpha value is -1.53. The average molecular weight is 380 g/mol. The summed E-state index contributed by atoms with van der Waals surface area (Å²) in [6.07, 6.45) is 2.90. The Morgan fingerprint density at radius 3 is 2.09 bits per heavy atom. The Morgan fingerprint density at radius 2 is 1.59 bits per heavy atom. The number of aromatic nitrogens is 1. The normalized spacial score (nSPS) is 10.4. The zero-order valence-corrected chi connectivity index (χ0v) is 13.6. The second-order valence-corrected chi connectivity index (χ2v) is 5.52. The number of benzene rings is 1. The molecule has 2 rings (SSSR count). The first kappa shape index (κ1) is 16.8. The van der Waals surface area contributed by atoms with Gasteiger partial charge in [-0.1, -0.05) is 46.4 Å². The Morgan fingerprint density at radius 1 is 1.00 bits per heavy atom. The predicted molar refractivity (Wildman–Crippen MR) is 85.6 cm³/mol. The summed E-state index contributed by atoms with van der Waals surface area (Å²) in [6.45, 7) is 0. The van der Waals surface area contributed by atoms with Gasteiger partial charge in [-0.05, 0) is 12.1 Å². The number of anilines is 1. The van der Waals surface area contributed by atoms with E-state index in [1.54, 1.807) is 12.1 Å². The van der Waals surface area contributed by atoms with E-state index in [4.69, 9.17) is 46.4 Å². The van der Waals surface area contributed by atoms with Crippen LogP contribution in [0.5, 0.6) is 0 Å². The molecule has 0 aliphatic rings. The number of carbonyl (C=O) groups excluding carboxylic acids is 1. The lowest BCUT2D eigenvalue weighted by Gasteiger charge is -2.13. The molecule has 0 aliphatic carbocycles. The molecule has 0 saturated carbocycles. The molecule has 0 unspecified atom stereocenters. The van der Waals surface area contributed by atoms with Crippen molar-refractivity contribution in [2.75, 3.05) is 5.32 Å². The number of nitrogens with one attached hydrogen (secondary N) is 1. The maximum atomic E-state index is 12.3. The lowest BCUT2D eigenvalue weighted by molar-refractivity contribution is 0.0692. The van der Waals surface area contributed by atoms with Crippen LogP contribution >= 0.6 is 46.4 Å². The van der Waals surface area contributed by atoms with Gasteiger partial charge in [-0.25, -0.2) is 4.79 Å². The van der Waals surface area contributed by atoms with E-state index in [1.165, 1.54) is 12.4 Å². The molecule has 0 spiro atoms. The predicted octanol–water partition coefficient (Wildman–Crippen LogP) is 4.65. The lowest BCUT2D eigenvalue weighted by atomic mass is 10.1.